The van der Waals surface area contributed by atoms with E-state index in [1.54, 1.807) is 48.3 Å². The lowest BCUT2D eigenvalue weighted by Crippen LogP contribution is -2.27. The van der Waals surface area contributed by atoms with Gasteiger partial charge in [0, 0.05) is 35.2 Å². The molecule has 0 heterocycles. The highest BCUT2D eigenvalue weighted by Crippen LogP contribution is 2.65. The molecular weight excluding hydrogens is 490 g/mol. The van der Waals surface area contributed by atoms with Gasteiger partial charge in [-0.15, -0.1) is 23.2 Å². The molecule has 2 amide bonds. The predicted molar refractivity (Wildman–Crippen MR) is 124 cm³/mol. The Labute approximate surface area is 200 Å². The summed E-state index contributed by atoms with van der Waals surface area (Å²) in [6, 6.07) is 9.71. The molecule has 1 aliphatic carbocycles. The molecule has 0 spiro atoms. The van der Waals surface area contributed by atoms with Crippen LogP contribution in [0, 0.1) is 5.92 Å². The number of carbonyl (C=O) groups excluding carboxylic acids is 2. The molecule has 0 unspecified atom stereocenters. The van der Waals surface area contributed by atoms with Crippen molar-refractivity contribution in [1.29, 1.82) is 0 Å². The fourth-order valence-electron chi connectivity index (χ4n) is 3.45. The van der Waals surface area contributed by atoms with Crippen LogP contribution >= 0.6 is 58.0 Å². The van der Waals surface area contributed by atoms with Crippen molar-refractivity contribution in [3.8, 4) is 0 Å². The molecule has 0 aliphatic heterocycles. The molecule has 3 rings (SSSR count). The van der Waals surface area contributed by atoms with Gasteiger partial charge in [0.15, 0.2) is 0 Å². The molecule has 0 radical (unpaired) electrons. The molecule has 4 nitrogen and oxygen atoms in total. The summed E-state index contributed by atoms with van der Waals surface area (Å²) in [5.74, 6) is -1.75. The van der Waals surface area contributed by atoms with Crippen molar-refractivity contribution in [2.75, 3.05) is 18.9 Å². The first-order valence-corrected chi connectivity index (χ1v) is 11.1. The minimum absolute atomic E-state index is 0.222. The Morgan fingerprint density at radius 2 is 1.70 bits per heavy atom. The highest BCUT2D eigenvalue weighted by molar-refractivity contribution is 6.53. The molecule has 1 N–H and O–H groups in total. The number of rotatable bonds is 6. The molecule has 160 valence electrons. The number of nitrogens with zero attached hydrogens (tertiary/aromatic N) is 1. The van der Waals surface area contributed by atoms with E-state index in [2.05, 4.69) is 5.32 Å². The molecule has 0 saturated heterocycles. The summed E-state index contributed by atoms with van der Waals surface area (Å²) >= 11 is 31.1. The summed E-state index contributed by atoms with van der Waals surface area (Å²) < 4.78 is -1.29. The van der Waals surface area contributed by atoms with Crippen LogP contribution in [0.5, 0.6) is 0 Å². The van der Waals surface area contributed by atoms with Gasteiger partial charge < -0.3 is 10.2 Å². The number of alkyl halides is 2. The Kier molecular flexibility index (Phi) is 7.15. The van der Waals surface area contributed by atoms with E-state index in [4.69, 9.17) is 58.0 Å². The zero-order chi connectivity index (χ0) is 22.2. The number of nitrogens with one attached hydrogen (secondary N) is 1. The van der Waals surface area contributed by atoms with Gasteiger partial charge >= 0.3 is 0 Å². The summed E-state index contributed by atoms with van der Waals surface area (Å²) in [6.07, 6.45) is 0.820. The third kappa shape index (κ3) is 4.84. The number of carbonyl (C=O) groups is 2. The number of halogens is 5. The van der Waals surface area contributed by atoms with Gasteiger partial charge in [0.2, 0.25) is 5.91 Å². The van der Waals surface area contributed by atoms with Crippen LogP contribution < -0.4 is 5.32 Å². The lowest BCUT2D eigenvalue weighted by atomic mass is 10.1. The van der Waals surface area contributed by atoms with Crippen LogP contribution in [0.4, 0.5) is 5.69 Å². The van der Waals surface area contributed by atoms with Crippen molar-refractivity contribution in [1.82, 2.24) is 4.90 Å². The van der Waals surface area contributed by atoms with Gasteiger partial charge in [-0.25, -0.2) is 0 Å². The quantitative estimate of drug-likeness (QED) is 0.444. The van der Waals surface area contributed by atoms with Crippen LogP contribution in [0.15, 0.2) is 36.4 Å². The molecule has 0 aromatic heterocycles. The molecule has 2 atom stereocenters. The third-order valence-electron chi connectivity index (χ3n) is 4.95. The van der Waals surface area contributed by atoms with Gasteiger partial charge in [0.25, 0.3) is 5.91 Å². The number of hydrogen-bond acceptors (Lipinski definition) is 2. The van der Waals surface area contributed by atoms with Crippen LogP contribution in [0.25, 0.3) is 0 Å². The molecule has 9 heteroatoms. The smallest absolute Gasteiger partial charge is 0.255 e. The van der Waals surface area contributed by atoms with Crippen LogP contribution in [0.3, 0.4) is 0 Å². The maximum Gasteiger partial charge on any atom is 0.255 e. The van der Waals surface area contributed by atoms with E-state index in [1.165, 1.54) is 0 Å². The van der Waals surface area contributed by atoms with Gasteiger partial charge in [-0.3, -0.25) is 9.59 Å². The first-order valence-electron chi connectivity index (χ1n) is 9.26. The number of hydrogen-bond donors (Lipinski definition) is 1. The summed E-state index contributed by atoms with van der Waals surface area (Å²) in [5.41, 5.74) is 1.42. The largest absolute Gasteiger partial charge is 0.342 e. The second kappa shape index (κ2) is 9.13. The lowest BCUT2D eigenvalue weighted by molar-refractivity contribution is -0.117. The van der Waals surface area contributed by atoms with Crippen molar-refractivity contribution in [2.45, 2.75) is 23.6 Å². The van der Waals surface area contributed by atoms with E-state index < -0.39 is 16.2 Å². The highest BCUT2D eigenvalue weighted by Gasteiger charge is 2.67. The van der Waals surface area contributed by atoms with E-state index in [1.807, 2.05) is 6.92 Å². The SMILES string of the molecule is CCCN(C)C(=O)c1cc(NC(=O)[C@@H]2[C@@H](c3cc(Cl)cc(Cl)c3)C2(Cl)Cl)ccc1Cl. The van der Waals surface area contributed by atoms with Crippen LogP contribution in [-0.2, 0) is 4.79 Å². The molecule has 1 fully saturated rings. The average Bonchev–Trinajstić information content (AvgIpc) is 3.24. The van der Waals surface area contributed by atoms with Gasteiger partial charge in [0.05, 0.1) is 16.5 Å². The third-order valence-corrected chi connectivity index (χ3v) is 6.66. The van der Waals surface area contributed by atoms with Gasteiger partial charge in [-0.05, 0) is 48.4 Å². The molecule has 2 aromatic rings. The van der Waals surface area contributed by atoms with Gasteiger partial charge in [-0.2, -0.15) is 0 Å². The van der Waals surface area contributed by atoms with Crippen molar-refractivity contribution in [2.24, 2.45) is 5.92 Å². The Bertz CT molecular complexity index is 975. The maximum absolute atomic E-state index is 12.9. The lowest BCUT2D eigenvalue weighted by Gasteiger charge is -2.17. The standard InChI is InChI=1S/C21H19Cl5N2O2/c1-3-6-28(2)20(30)15-10-14(4-5-16(15)24)27-19(29)18-17(21(18,25)26)11-7-12(22)9-13(23)8-11/h4-5,7-10,17-18H,3,6H2,1-2H3,(H,27,29)/t17-,18+/m1/s1. The van der Waals surface area contributed by atoms with E-state index in [0.29, 0.717) is 38.4 Å². The number of benzene rings is 2. The zero-order valence-corrected chi connectivity index (χ0v) is 20.0. The van der Waals surface area contributed by atoms with Crippen LogP contribution in [0.1, 0.15) is 35.2 Å². The first-order chi connectivity index (χ1) is 14.1. The summed E-state index contributed by atoms with van der Waals surface area (Å²) in [4.78, 5) is 27.1. The minimum atomic E-state index is -1.29. The molecular formula is C21H19Cl5N2O2. The summed E-state index contributed by atoms with van der Waals surface area (Å²) in [7, 11) is 1.70. The van der Waals surface area contributed by atoms with Crippen molar-refractivity contribution in [3.63, 3.8) is 0 Å². The fraction of sp³-hybridized carbons (Fsp3) is 0.333. The van der Waals surface area contributed by atoms with Gasteiger partial charge in [-0.1, -0.05) is 41.7 Å². The first kappa shape index (κ1) is 23.5. The summed E-state index contributed by atoms with van der Waals surface area (Å²) in [5, 5.41) is 3.96. The molecule has 1 saturated carbocycles. The van der Waals surface area contributed by atoms with E-state index in [9.17, 15) is 9.59 Å². The van der Waals surface area contributed by atoms with Gasteiger partial charge in [0.1, 0.15) is 4.33 Å². The van der Waals surface area contributed by atoms with Crippen molar-refractivity contribution < 1.29 is 9.59 Å². The predicted octanol–water partition coefficient (Wildman–Crippen LogP) is 6.65. The average molecular weight is 509 g/mol. The van der Waals surface area contributed by atoms with E-state index in [-0.39, 0.29) is 11.8 Å². The zero-order valence-electron chi connectivity index (χ0n) is 16.2. The summed E-state index contributed by atoms with van der Waals surface area (Å²) in [6.45, 7) is 2.57. The maximum atomic E-state index is 12.9. The number of amides is 2. The molecule has 1 aliphatic rings. The normalized spacial score (nSPS) is 19.3. The molecule has 2 aromatic carbocycles. The van der Waals surface area contributed by atoms with Crippen LogP contribution in [0.2, 0.25) is 15.1 Å². The van der Waals surface area contributed by atoms with E-state index >= 15 is 0 Å². The Hall–Kier alpha value is -1.17. The fourth-order valence-corrected chi connectivity index (χ4v) is 5.02. The Balaban J connectivity index is 1.79. The Morgan fingerprint density at radius 3 is 2.30 bits per heavy atom. The monoisotopic (exact) mass is 506 g/mol. The second-order valence-corrected chi connectivity index (χ2v) is 9.97. The minimum Gasteiger partial charge on any atom is -0.342 e. The number of anilines is 1. The Morgan fingerprint density at radius 1 is 1.07 bits per heavy atom. The van der Waals surface area contributed by atoms with E-state index in [0.717, 1.165) is 6.42 Å². The van der Waals surface area contributed by atoms with Crippen molar-refractivity contribution >= 4 is 75.5 Å². The molecule has 0 bridgehead atoms. The van der Waals surface area contributed by atoms with Crippen LogP contribution in [-0.4, -0.2) is 34.6 Å². The van der Waals surface area contributed by atoms with Crippen molar-refractivity contribution in [3.05, 3.63) is 62.6 Å². The highest BCUT2D eigenvalue weighted by atomic mass is 35.5. The topological polar surface area (TPSA) is 49.4 Å². The molecule has 30 heavy (non-hydrogen) atoms. The second-order valence-electron chi connectivity index (χ2n) is 7.24.